The van der Waals surface area contributed by atoms with Crippen LogP contribution in [0.1, 0.15) is 23.2 Å². The van der Waals surface area contributed by atoms with E-state index in [0.717, 1.165) is 18.3 Å². The minimum absolute atomic E-state index is 0.0545. The molecule has 1 aromatic rings. The Morgan fingerprint density at radius 3 is 2.47 bits per heavy atom. The monoisotopic (exact) mass is 268 g/mol. The first-order valence-corrected chi connectivity index (χ1v) is 5.23. The van der Waals surface area contributed by atoms with E-state index < -0.39 is 36.3 Å². The number of aromatic nitrogens is 1. The van der Waals surface area contributed by atoms with E-state index in [1.54, 1.807) is 0 Å². The first-order valence-electron chi connectivity index (χ1n) is 5.23. The van der Waals surface area contributed by atoms with Crippen molar-refractivity contribution in [3.8, 4) is 0 Å². The third-order valence-electron chi connectivity index (χ3n) is 2.22. The lowest BCUT2D eigenvalue weighted by molar-refractivity contribution is -0.309. The topological polar surface area (TPSA) is 122 Å². The number of carbonyl (C=O) groups is 3. The van der Waals surface area contributed by atoms with Gasteiger partial charge in [-0.3, -0.25) is 4.79 Å². The van der Waals surface area contributed by atoms with Crippen LogP contribution in [0.15, 0.2) is 18.3 Å². The van der Waals surface area contributed by atoms with Crippen LogP contribution in [-0.2, 0) is 9.59 Å². The summed E-state index contributed by atoms with van der Waals surface area (Å²) < 4.78 is 12.5. The van der Waals surface area contributed by atoms with E-state index in [-0.39, 0.29) is 12.0 Å². The normalized spacial score (nSPS) is 11.6. The summed E-state index contributed by atoms with van der Waals surface area (Å²) in [7, 11) is 0. The van der Waals surface area contributed by atoms with Gasteiger partial charge >= 0.3 is 0 Å². The number of carboxylic acid groups (broad SMARTS) is 2. The number of pyridine rings is 1. The molecule has 0 aliphatic carbocycles. The molecule has 1 rings (SSSR count). The number of aliphatic carboxylic acids is 2. The van der Waals surface area contributed by atoms with Crippen molar-refractivity contribution >= 4 is 17.8 Å². The van der Waals surface area contributed by atoms with Gasteiger partial charge in [-0.1, -0.05) is 0 Å². The van der Waals surface area contributed by atoms with Crippen LogP contribution in [0.25, 0.3) is 0 Å². The van der Waals surface area contributed by atoms with Crippen molar-refractivity contribution < 1.29 is 29.0 Å². The first kappa shape index (κ1) is 14.6. The zero-order valence-electron chi connectivity index (χ0n) is 9.59. The zero-order chi connectivity index (χ0) is 14.4. The second kappa shape index (κ2) is 6.43. The Labute approximate surface area is 107 Å². The Hall–Kier alpha value is -2.51. The van der Waals surface area contributed by atoms with Crippen LogP contribution >= 0.6 is 0 Å². The summed E-state index contributed by atoms with van der Waals surface area (Å²) in [5.74, 6) is -4.67. The summed E-state index contributed by atoms with van der Waals surface area (Å²) in [5.41, 5.74) is -0.0545. The highest BCUT2D eigenvalue weighted by atomic mass is 19.1. The fourth-order valence-electron chi connectivity index (χ4n) is 1.26. The van der Waals surface area contributed by atoms with Gasteiger partial charge in [-0.05, 0) is 25.0 Å². The van der Waals surface area contributed by atoms with Crippen LogP contribution in [0, 0.1) is 5.95 Å². The second-order valence-corrected chi connectivity index (χ2v) is 3.63. The number of hydrogen-bond donors (Lipinski definition) is 1. The third kappa shape index (κ3) is 4.70. The molecule has 7 nitrogen and oxygen atoms in total. The fourth-order valence-corrected chi connectivity index (χ4v) is 1.26. The molecule has 19 heavy (non-hydrogen) atoms. The Balaban J connectivity index is 2.68. The Bertz CT molecular complexity index is 488. The molecule has 0 aliphatic heterocycles. The van der Waals surface area contributed by atoms with Gasteiger partial charge in [0.15, 0.2) is 0 Å². The summed E-state index contributed by atoms with van der Waals surface area (Å²) in [5, 5.41) is 23.0. The van der Waals surface area contributed by atoms with Crippen molar-refractivity contribution in [2.45, 2.75) is 18.9 Å². The van der Waals surface area contributed by atoms with Crippen molar-refractivity contribution in [2.75, 3.05) is 0 Å². The maximum Gasteiger partial charge on any atom is 0.253 e. The molecule has 0 fully saturated rings. The van der Waals surface area contributed by atoms with Gasteiger partial charge in [0.25, 0.3) is 5.91 Å². The smallest absolute Gasteiger partial charge is 0.253 e. The van der Waals surface area contributed by atoms with Crippen LogP contribution < -0.4 is 15.5 Å². The zero-order valence-corrected chi connectivity index (χ0v) is 9.59. The molecule has 0 aliphatic rings. The number of nitrogens with zero attached hydrogens (tertiary/aromatic N) is 1. The molecule has 8 heteroatoms. The average Bonchev–Trinajstić information content (AvgIpc) is 2.34. The molecule has 0 bridgehead atoms. The van der Waals surface area contributed by atoms with Crippen LogP contribution in [0.2, 0.25) is 0 Å². The summed E-state index contributed by atoms with van der Waals surface area (Å²) >= 11 is 0. The predicted octanol–water partition coefficient (Wildman–Crippen LogP) is -2.40. The lowest BCUT2D eigenvalue weighted by atomic mass is 10.1. The van der Waals surface area contributed by atoms with Crippen LogP contribution in [0.3, 0.4) is 0 Å². The molecule has 0 radical (unpaired) electrons. The van der Waals surface area contributed by atoms with E-state index in [4.69, 9.17) is 0 Å². The molecule has 0 unspecified atom stereocenters. The quantitative estimate of drug-likeness (QED) is 0.574. The van der Waals surface area contributed by atoms with E-state index in [1.165, 1.54) is 0 Å². The van der Waals surface area contributed by atoms with E-state index in [2.05, 4.69) is 10.3 Å². The van der Waals surface area contributed by atoms with Crippen LogP contribution in [0.4, 0.5) is 4.39 Å². The van der Waals surface area contributed by atoms with E-state index in [0.29, 0.717) is 0 Å². The Morgan fingerprint density at radius 1 is 1.32 bits per heavy atom. The van der Waals surface area contributed by atoms with Gasteiger partial charge in [-0.25, -0.2) is 4.98 Å². The Morgan fingerprint density at radius 2 is 2.00 bits per heavy atom. The van der Waals surface area contributed by atoms with Crippen molar-refractivity contribution in [3.05, 3.63) is 29.8 Å². The number of amides is 1. The molecule has 102 valence electrons. The summed E-state index contributed by atoms with van der Waals surface area (Å²) in [6, 6.07) is 0.572. The summed E-state index contributed by atoms with van der Waals surface area (Å²) in [6.45, 7) is 0. The maximum atomic E-state index is 12.5. The van der Waals surface area contributed by atoms with E-state index in [1.807, 2.05) is 0 Å². The molecule has 1 aromatic heterocycles. The van der Waals surface area contributed by atoms with Crippen molar-refractivity contribution in [2.24, 2.45) is 0 Å². The summed E-state index contributed by atoms with van der Waals surface area (Å²) in [4.78, 5) is 35.8. The number of carbonyl (C=O) groups excluding carboxylic acids is 3. The molecule has 0 aromatic carbocycles. The number of rotatable bonds is 6. The molecular formula is C11H9FN2O5-2. The molecule has 0 spiro atoms. The minimum Gasteiger partial charge on any atom is -0.550 e. The highest BCUT2D eigenvalue weighted by Gasteiger charge is 2.15. The lowest BCUT2D eigenvalue weighted by Crippen LogP contribution is -2.48. The lowest BCUT2D eigenvalue weighted by Gasteiger charge is -2.19. The molecule has 1 heterocycles. The van der Waals surface area contributed by atoms with E-state index in [9.17, 15) is 29.0 Å². The standard InChI is InChI=1S/C11H11FN2O5/c12-8-3-1-6(5-13-8)10(17)14-7(11(18)19)2-4-9(15)16/h1,3,5,7H,2,4H2,(H,14,17)(H,15,16)(H,18,19)/p-2/t7-/m0/s1. The van der Waals surface area contributed by atoms with Crippen molar-refractivity contribution in [1.29, 1.82) is 0 Å². The van der Waals surface area contributed by atoms with Gasteiger partial charge in [0.05, 0.1) is 17.6 Å². The summed E-state index contributed by atoms with van der Waals surface area (Å²) in [6.07, 6.45) is 0.0153. The minimum atomic E-state index is -1.62. The third-order valence-corrected chi connectivity index (χ3v) is 2.22. The molecule has 0 saturated heterocycles. The number of hydrogen-bond acceptors (Lipinski definition) is 6. The molecular weight excluding hydrogens is 259 g/mol. The van der Waals surface area contributed by atoms with Gasteiger partial charge < -0.3 is 25.1 Å². The van der Waals surface area contributed by atoms with Gasteiger partial charge in [0.2, 0.25) is 5.95 Å². The van der Waals surface area contributed by atoms with Crippen molar-refractivity contribution in [3.63, 3.8) is 0 Å². The predicted molar refractivity (Wildman–Crippen MR) is 54.7 cm³/mol. The van der Waals surface area contributed by atoms with Crippen molar-refractivity contribution in [1.82, 2.24) is 10.3 Å². The number of carboxylic acids is 2. The van der Waals surface area contributed by atoms with Gasteiger partial charge in [0, 0.05) is 12.2 Å². The maximum absolute atomic E-state index is 12.5. The molecule has 1 atom stereocenters. The first-order chi connectivity index (χ1) is 8.90. The Kier molecular flexibility index (Phi) is 4.92. The molecule has 1 amide bonds. The molecule has 1 N–H and O–H groups in total. The highest BCUT2D eigenvalue weighted by molar-refractivity contribution is 5.96. The fraction of sp³-hybridized carbons (Fsp3) is 0.273. The largest absolute Gasteiger partial charge is 0.550 e. The number of nitrogens with one attached hydrogen (secondary N) is 1. The number of halogens is 1. The SMILES string of the molecule is O=C([O-])CC[C@H](NC(=O)c1ccc(F)nc1)C(=O)[O-]. The van der Waals surface area contributed by atoms with Crippen LogP contribution in [-0.4, -0.2) is 28.9 Å². The second-order valence-electron chi connectivity index (χ2n) is 3.63. The average molecular weight is 268 g/mol. The van der Waals surface area contributed by atoms with E-state index >= 15 is 0 Å². The van der Waals surface area contributed by atoms with Gasteiger partial charge in [0.1, 0.15) is 0 Å². The van der Waals surface area contributed by atoms with Crippen LogP contribution in [0.5, 0.6) is 0 Å². The highest BCUT2D eigenvalue weighted by Crippen LogP contribution is 2.02. The van der Waals surface area contributed by atoms with Gasteiger partial charge in [-0.2, -0.15) is 4.39 Å². The molecule has 0 saturated carbocycles. The van der Waals surface area contributed by atoms with Gasteiger partial charge in [-0.15, -0.1) is 0 Å².